The van der Waals surface area contributed by atoms with Crippen molar-refractivity contribution in [2.45, 2.75) is 24.9 Å². The largest absolute Gasteiger partial charge is 0.508 e. The van der Waals surface area contributed by atoms with Crippen LogP contribution in [-0.2, 0) is 6.42 Å². The SMILES string of the molecule is Oc1ccccc1CC1(O)CCSCC1. The van der Waals surface area contributed by atoms with Gasteiger partial charge in [0.1, 0.15) is 5.75 Å². The Morgan fingerprint density at radius 2 is 1.87 bits per heavy atom. The molecule has 0 radical (unpaired) electrons. The first kappa shape index (κ1) is 10.8. The second-order valence-electron chi connectivity index (χ2n) is 4.14. The second-order valence-corrected chi connectivity index (χ2v) is 5.37. The lowest BCUT2D eigenvalue weighted by Crippen LogP contribution is -2.35. The van der Waals surface area contributed by atoms with E-state index in [9.17, 15) is 10.2 Å². The first-order chi connectivity index (χ1) is 7.20. The van der Waals surface area contributed by atoms with E-state index in [1.54, 1.807) is 12.1 Å². The Balaban J connectivity index is 2.10. The van der Waals surface area contributed by atoms with Gasteiger partial charge in [-0.3, -0.25) is 0 Å². The van der Waals surface area contributed by atoms with E-state index in [0.29, 0.717) is 12.2 Å². The van der Waals surface area contributed by atoms with Gasteiger partial charge in [-0.05, 0) is 36.0 Å². The molecule has 1 aromatic rings. The van der Waals surface area contributed by atoms with Crippen LogP contribution in [0.5, 0.6) is 5.75 Å². The molecule has 1 saturated heterocycles. The molecule has 2 rings (SSSR count). The molecule has 1 fully saturated rings. The van der Waals surface area contributed by atoms with E-state index in [4.69, 9.17) is 0 Å². The Bertz CT molecular complexity index is 332. The molecule has 15 heavy (non-hydrogen) atoms. The first-order valence-corrected chi connectivity index (χ1v) is 6.42. The van der Waals surface area contributed by atoms with E-state index in [-0.39, 0.29) is 0 Å². The molecule has 1 heterocycles. The van der Waals surface area contributed by atoms with Crippen molar-refractivity contribution in [2.24, 2.45) is 0 Å². The van der Waals surface area contributed by atoms with Crippen molar-refractivity contribution in [2.75, 3.05) is 11.5 Å². The molecule has 0 aliphatic carbocycles. The monoisotopic (exact) mass is 224 g/mol. The predicted octanol–water partition coefficient (Wildman–Crippen LogP) is 2.19. The average Bonchev–Trinajstić information content (AvgIpc) is 2.22. The van der Waals surface area contributed by atoms with Gasteiger partial charge in [0.25, 0.3) is 0 Å². The van der Waals surface area contributed by atoms with E-state index in [1.807, 2.05) is 23.9 Å². The van der Waals surface area contributed by atoms with Crippen molar-refractivity contribution in [3.8, 4) is 5.75 Å². The van der Waals surface area contributed by atoms with Gasteiger partial charge in [-0.2, -0.15) is 11.8 Å². The van der Waals surface area contributed by atoms with E-state index in [0.717, 1.165) is 29.9 Å². The molecule has 0 aromatic heterocycles. The van der Waals surface area contributed by atoms with Gasteiger partial charge >= 0.3 is 0 Å². The molecule has 1 aliphatic rings. The molecule has 0 amide bonds. The third kappa shape index (κ3) is 2.67. The number of benzene rings is 1. The Morgan fingerprint density at radius 3 is 2.53 bits per heavy atom. The Kier molecular flexibility index (Phi) is 3.22. The lowest BCUT2D eigenvalue weighted by molar-refractivity contribution is 0.0318. The standard InChI is InChI=1S/C12H16O2S/c13-11-4-2-1-3-10(11)9-12(14)5-7-15-8-6-12/h1-4,13-14H,5-9H2. The maximum Gasteiger partial charge on any atom is 0.118 e. The van der Waals surface area contributed by atoms with Crippen LogP contribution in [0, 0.1) is 0 Å². The summed E-state index contributed by atoms with van der Waals surface area (Å²) in [5, 5.41) is 20.0. The zero-order valence-corrected chi connectivity index (χ0v) is 9.46. The van der Waals surface area contributed by atoms with Crippen LogP contribution in [-0.4, -0.2) is 27.3 Å². The van der Waals surface area contributed by atoms with Crippen molar-refractivity contribution in [3.05, 3.63) is 29.8 Å². The minimum absolute atomic E-state index is 0.296. The first-order valence-electron chi connectivity index (χ1n) is 5.27. The summed E-state index contributed by atoms with van der Waals surface area (Å²) >= 11 is 1.89. The van der Waals surface area contributed by atoms with Crippen molar-refractivity contribution in [1.29, 1.82) is 0 Å². The highest BCUT2D eigenvalue weighted by Gasteiger charge is 2.30. The summed E-state index contributed by atoms with van der Waals surface area (Å²) in [6, 6.07) is 7.26. The fraction of sp³-hybridized carbons (Fsp3) is 0.500. The van der Waals surface area contributed by atoms with Crippen LogP contribution in [0.1, 0.15) is 18.4 Å². The number of phenols is 1. The Labute approximate surface area is 94.3 Å². The average molecular weight is 224 g/mol. The van der Waals surface area contributed by atoms with Gasteiger partial charge in [-0.15, -0.1) is 0 Å². The van der Waals surface area contributed by atoms with E-state index in [1.165, 1.54) is 0 Å². The molecule has 0 bridgehead atoms. The summed E-state index contributed by atoms with van der Waals surface area (Å²) in [6.07, 6.45) is 2.22. The summed E-state index contributed by atoms with van der Waals surface area (Å²) in [6.45, 7) is 0. The van der Waals surface area contributed by atoms with Gasteiger partial charge in [0.15, 0.2) is 0 Å². The summed E-state index contributed by atoms with van der Waals surface area (Å²) in [4.78, 5) is 0. The Hall–Kier alpha value is -0.670. The second kappa shape index (κ2) is 4.45. The molecule has 0 saturated carbocycles. The number of rotatable bonds is 2. The number of thioether (sulfide) groups is 1. The van der Waals surface area contributed by atoms with Gasteiger partial charge in [0.2, 0.25) is 0 Å². The van der Waals surface area contributed by atoms with Gasteiger partial charge in [0.05, 0.1) is 5.60 Å². The molecular formula is C12H16O2S. The third-order valence-corrected chi connectivity index (χ3v) is 3.92. The molecule has 2 N–H and O–H groups in total. The van der Waals surface area contributed by atoms with Crippen LogP contribution in [0.15, 0.2) is 24.3 Å². The van der Waals surface area contributed by atoms with Crippen LogP contribution >= 0.6 is 11.8 Å². The predicted molar refractivity (Wildman–Crippen MR) is 63.3 cm³/mol. The fourth-order valence-corrected chi connectivity index (χ4v) is 3.20. The van der Waals surface area contributed by atoms with Crippen LogP contribution < -0.4 is 0 Å². The highest BCUT2D eigenvalue weighted by molar-refractivity contribution is 7.99. The number of aromatic hydroxyl groups is 1. The molecular weight excluding hydrogens is 208 g/mol. The van der Waals surface area contributed by atoms with Crippen LogP contribution in [0.4, 0.5) is 0 Å². The highest BCUT2D eigenvalue weighted by Crippen LogP contribution is 2.32. The molecule has 82 valence electrons. The van der Waals surface area contributed by atoms with E-state index in [2.05, 4.69) is 0 Å². The minimum Gasteiger partial charge on any atom is -0.508 e. The number of phenolic OH excluding ortho intramolecular Hbond substituents is 1. The zero-order chi connectivity index (χ0) is 10.7. The number of hydrogen-bond acceptors (Lipinski definition) is 3. The molecule has 0 spiro atoms. The van der Waals surface area contributed by atoms with Crippen molar-refractivity contribution >= 4 is 11.8 Å². The van der Waals surface area contributed by atoms with Crippen LogP contribution in [0.3, 0.4) is 0 Å². The summed E-state index contributed by atoms with van der Waals surface area (Å²) in [5.74, 6) is 2.33. The lowest BCUT2D eigenvalue weighted by Gasteiger charge is -2.32. The van der Waals surface area contributed by atoms with Gasteiger partial charge in [-0.1, -0.05) is 18.2 Å². The van der Waals surface area contributed by atoms with Gasteiger partial charge in [0, 0.05) is 6.42 Å². The van der Waals surface area contributed by atoms with Crippen molar-refractivity contribution < 1.29 is 10.2 Å². The summed E-state index contributed by atoms with van der Waals surface area (Å²) in [5.41, 5.74) is 0.247. The normalized spacial score (nSPS) is 20.1. The molecule has 2 nitrogen and oxygen atoms in total. The smallest absolute Gasteiger partial charge is 0.118 e. The third-order valence-electron chi connectivity index (χ3n) is 2.93. The summed E-state index contributed by atoms with van der Waals surface area (Å²) < 4.78 is 0. The van der Waals surface area contributed by atoms with Crippen molar-refractivity contribution in [3.63, 3.8) is 0 Å². The highest BCUT2D eigenvalue weighted by atomic mass is 32.2. The zero-order valence-electron chi connectivity index (χ0n) is 8.65. The van der Waals surface area contributed by atoms with Crippen LogP contribution in [0.2, 0.25) is 0 Å². The van der Waals surface area contributed by atoms with Crippen LogP contribution in [0.25, 0.3) is 0 Å². The minimum atomic E-state index is -0.607. The fourth-order valence-electron chi connectivity index (χ4n) is 1.94. The van der Waals surface area contributed by atoms with E-state index >= 15 is 0 Å². The summed E-state index contributed by atoms with van der Waals surface area (Å²) in [7, 11) is 0. The molecule has 3 heteroatoms. The number of aliphatic hydroxyl groups is 1. The molecule has 0 unspecified atom stereocenters. The molecule has 0 atom stereocenters. The Morgan fingerprint density at radius 1 is 1.20 bits per heavy atom. The molecule has 1 aliphatic heterocycles. The lowest BCUT2D eigenvalue weighted by atomic mass is 9.89. The number of para-hydroxylation sites is 1. The topological polar surface area (TPSA) is 40.5 Å². The van der Waals surface area contributed by atoms with Crippen molar-refractivity contribution in [1.82, 2.24) is 0 Å². The van der Waals surface area contributed by atoms with Gasteiger partial charge < -0.3 is 10.2 Å². The van der Waals surface area contributed by atoms with E-state index < -0.39 is 5.60 Å². The maximum absolute atomic E-state index is 10.3. The maximum atomic E-state index is 10.3. The number of hydrogen-bond donors (Lipinski definition) is 2. The van der Waals surface area contributed by atoms with Gasteiger partial charge in [-0.25, -0.2) is 0 Å². The molecule has 1 aromatic carbocycles. The quantitative estimate of drug-likeness (QED) is 0.809.